The number of carbonyl (C=O) groups excluding carboxylic acids is 1. The SMILES string of the molecule is COC(=O)c1c(C2(C(F)(F)F)CCN=N2)ccc(F)c1Cl. The molecule has 0 spiro atoms. The molecule has 1 aromatic rings. The normalized spacial score (nSPS) is 21.6. The molecule has 1 heterocycles. The maximum Gasteiger partial charge on any atom is 0.419 e. The van der Waals surface area contributed by atoms with Crippen molar-refractivity contribution in [3.63, 3.8) is 0 Å². The molecule has 4 nitrogen and oxygen atoms in total. The van der Waals surface area contributed by atoms with Gasteiger partial charge in [-0.1, -0.05) is 17.7 Å². The van der Waals surface area contributed by atoms with Crippen molar-refractivity contribution in [3.05, 3.63) is 34.1 Å². The van der Waals surface area contributed by atoms with Crippen molar-refractivity contribution >= 4 is 17.6 Å². The maximum absolute atomic E-state index is 13.5. The van der Waals surface area contributed by atoms with Crippen molar-refractivity contribution in [2.75, 3.05) is 13.7 Å². The molecule has 0 bridgehead atoms. The zero-order chi connectivity index (χ0) is 15.8. The molecule has 1 unspecified atom stereocenters. The Morgan fingerprint density at radius 2 is 2.10 bits per heavy atom. The number of ether oxygens (including phenoxy) is 1. The van der Waals surface area contributed by atoms with Gasteiger partial charge in [0.2, 0.25) is 5.54 Å². The fraction of sp³-hybridized carbons (Fsp3) is 0.417. The molecule has 2 rings (SSSR count). The molecule has 1 aliphatic heterocycles. The predicted molar refractivity (Wildman–Crippen MR) is 64.8 cm³/mol. The summed E-state index contributed by atoms with van der Waals surface area (Å²) in [5.74, 6) is -2.19. The molecule has 0 saturated carbocycles. The fourth-order valence-electron chi connectivity index (χ4n) is 2.17. The summed E-state index contributed by atoms with van der Waals surface area (Å²) in [4.78, 5) is 11.7. The number of rotatable bonds is 2. The molecule has 0 aromatic heterocycles. The summed E-state index contributed by atoms with van der Waals surface area (Å²) < 4.78 is 58.2. The molecule has 9 heteroatoms. The summed E-state index contributed by atoms with van der Waals surface area (Å²) in [5, 5.41) is 5.91. The molecular formula is C12H9ClF4N2O2. The summed E-state index contributed by atoms with van der Waals surface area (Å²) in [6.07, 6.45) is -5.29. The Kier molecular flexibility index (Phi) is 3.92. The van der Waals surface area contributed by atoms with Crippen molar-refractivity contribution in [2.45, 2.75) is 18.1 Å². The molecule has 0 aliphatic carbocycles. The van der Waals surface area contributed by atoms with Crippen LogP contribution in [0.5, 0.6) is 0 Å². The quantitative estimate of drug-likeness (QED) is 0.612. The smallest absolute Gasteiger partial charge is 0.419 e. The van der Waals surface area contributed by atoms with Gasteiger partial charge in [0, 0.05) is 12.0 Å². The average Bonchev–Trinajstić information content (AvgIpc) is 2.91. The molecule has 1 aliphatic rings. The van der Waals surface area contributed by atoms with E-state index >= 15 is 0 Å². The zero-order valence-electron chi connectivity index (χ0n) is 10.7. The van der Waals surface area contributed by atoms with E-state index in [9.17, 15) is 22.4 Å². The molecular weight excluding hydrogens is 316 g/mol. The third-order valence-corrected chi connectivity index (χ3v) is 3.58. The number of nitrogens with zero attached hydrogens (tertiary/aromatic N) is 2. The number of halogens is 5. The minimum Gasteiger partial charge on any atom is -0.465 e. The number of azo groups is 1. The van der Waals surface area contributed by atoms with E-state index in [0.29, 0.717) is 0 Å². The topological polar surface area (TPSA) is 51.0 Å². The van der Waals surface area contributed by atoms with Crippen LogP contribution in [0.4, 0.5) is 17.6 Å². The van der Waals surface area contributed by atoms with E-state index in [1.807, 2.05) is 0 Å². The van der Waals surface area contributed by atoms with Crippen LogP contribution < -0.4 is 0 Å². The van der Waals surface area contributed by atoms with Crippen molar-refractivity contribution in [2.24, 2.45) is 10.2 Å². The summed E-state index contributed by atoms with van der Waals surface area (Å²) in [7, 11) is 0.962. The first-order chi connectivity index (χ1) is 9.74. The summed E-state index contributed by atoms with van der Waals surface area (Å²) >= 11 is 5.65. The van der Waals surface area contributed by atoms with Crippen molar-refractivity contribution in [1.29, 1.82) is 0 Å². The number of esters is 1. The van der Waals surface area contributed by atoms with Crippen LogP contribution in [0.2, 0.25) is 5.02 Å². The lowest BCUT2D eigenvalue weighted by atomic mass is 9.84. The van der Waals surface area contributed by atoms with E-state index in [-0.39, 0.29) is 6.54 Å². The first-order valence-corrected chi connectivity index (χ1v) is 6.14. The minimum absolute atomic E-state index is 0.158. The van der Waals surface area contributed by atoms with E-state index in [0.717, 1.165) is 19.2 Å². The Hall–Kier alpha value is -1.70. The van der Waals surface area contributed by atoms with Crippen molar-refractivity contribution in [1.82, 2.24) is 0 Å². The Bertz CT molecular complexity index is 618. The standard InChI is InChI=1S/C12H9ClF4N2O2/c1-21-10(20)8-6(2-3-7(14)9(8)13)11(12(15,16)17)4-5-18-19-11/h2-3H,4-5H2,1H3. The molecule has 21 heavy (non-hydrogen) atoms. The van der Waals surface area contributed by atoms with Crippen LogP contribution >= 0.6 is 11.6 Å². The number of hydrogen-bond donors (Lipinski definition) is 0. The largest absolute Gasteiger partial charge is 0.465 e. The lowest BCUT2D eigenvalue weighted by Crippen LogP contribution is -2.40. The van der Waals surface area contributed by atoms with Crippen molar-refractivity contribution < 1.29 is 27.1 Å². The van der Waals surface area contributed by atoms with Gasteiger partial charge < -0.3 is 4.74 Å². The first kappa shape index (κ1) is 15.7. The number of benzene rings is 1. The molecule has 0 fully saturated rings. The highest BCUT2D eigenvalue weighted by atomic mass is 35.5. The van der Waals surface area contributed by atoms with Gasteiger partial charge in [0.15, 0.2) is 0 Å². The molecule has 114 valence electrons. The van der Waals surface area contributed by atoms with E-state index in [2.05, 4.69) is 15.0 Å². The van der Waals surface area contributed by atoms with Gasteiger partial charge in [0.25, 0.3) is 0 Å². The third-order valence-electron chi connectivity index (χ3n) is 3.21. The average molecular weight is 325 g/mol. The first-order valence-electron chi connectivity index (χ1n) is 5.77. The van der Waals surface area contributed by atoms with Gasteiger partial charge in [-0.25, -0.2) is 9.18 Å². The van der Waals surface area contributed by atoms with Gasteiger partial charge >= 0.3 is 12.1 Å². The number of methoxy groups -OCH3 is 1. The molecule has 1 aromatic carbocycles. The maximum atomic E-state index is 13.5. The van der Waals surface area contributed by atoms with E-state index in [1.54, 1.807) is 0 Å². The van der Waals surface area contributed by atoms with Crippen molar-refractivity contribution in [3.8, 4) is 0 Å². The lowest BCUT2D eigenvalue weighted by molar-refractivity contribution is -0.188. The molecule has 0 N–H and O–H groups in total. The Morgan fingerprint density at radius 3 is 2.57 bits per heavy atom. The second-order valence-electron chi connectivity index (χ2n) is 4.35. The molecule has 0 amide bonds. The summed E-state index contributed by atoms with van der Waals surface area (Å²) in [6.45, 7) is -0.158. The lowest BCUT2D eigenvalue weighted by Gasteiger charge is -2.29. The van der Waals surface area contributed by atoms with Crippen LogP contribution in [0.25, 0.3) is 0 Å². The Labute approximate surface area is 121 Å². The highest BCUT2D eigenvalue weighted by Crippen LogP contribution is 2.49. The second kappa shape index (κ2) is 5.25. The number of hydrogen-bond acceptors (Lipinski definition) is 4. The number of carbonyl (C=O) groups is 1. The molecule has 1 atom stereocenters. The van der Waals surface area contributed by atoms with Gasteiger partial charge in [-0.3, -0.25) is 0 Å². The van der Waals surface area contributed by atoms with Crippen LogP contribution in [-0.2, 0) is 10.3 Å². The van der Waals surface area contributed by atoms with Crippen LogP contribution in [0, 0.1) is 5.82 Å². The Balaban J connectivity index is 2.76. The van der Waals surface area contributed by atoms with Gasteiger partial charge in [-0.05, 0) is 6.07 Å². The fourth-order valence-corrected chi connectivity index (χ4v) is 2.41. The van der Waals surface area contributed by atoms with Gasteiger partial charge in [0.1, 0.15) is 5.82 Å². The Morgan fingerprint density at radius 1 is 1.43 bits per heavy atom. The van der Waals surface area contributed by atoms with Crippen LogP contribution in [0.15, 0.2) is 22.4 Å². The van der Waals surface area contributed by atoms with E-state index < -0.39 is 46.1 Å². The van der Waals surface area contributed by atoms with Gasteiger partial charge in [0.05, 0.1) is 24.2 Å². The molecule has 0 radical (unpaired) electrons. The van der Waals surface area contributed by atoms with Gasteiger partial charge in [-0.15, -0.1) is 0 Å². The van der Waals surface area contributed by atoms with E-state index in [4.69, 9.17) is 11.6 Å². The van der Waals surface area contributed by atoms with E-state index in [1.165, 1.54) is 0 Å². The molecule has 0 saturated heterocycles. The summed E-state index contributed by atoms with van der Waals surface area (Å²) in [6, 6.07) is 1.59. The van der Waals surface area contributed by atoms with Crippen LogP contribution in [0.1, 0.15) is 22.3 Å². The number of alkyl halides is 3. The minimum atomic E-state index is -4.81. The van der Waals surface area contributed by atoms with Gasteiger partial charge in [-0.2, -0.15) is 23.4 Å². The highest BCUT2D eigenvalue weighted by Gasteiger charge is 2.59. The monoisotopic (exact) mass is 324 g/mol. The second-order valence-corrected chi connectivity index (χ2v) is 4.73. The zero-order valence-corrected chi connectivity index (χ0v) is 11.4. The highest BCUT2D eigenvalue weighted by molar-refractivity contribution is 6.34. The van der Waals surface area contributed by atoms with Crippen LogP contribution in [-0.4, -0.2) is 25.8 Å². The van der Waals surface area contributed by atoms with Crippen LogP contribution in [0.3, 0.4) is 0 Å². The third kappa shape index (κ3) is 2.37. The predicted octanol–water partition coefficient (Wildman–Crippen LogP) is 3.88. The summed E-state index contributed by atoms with van der Waals surface area (Å²) in [5.41, 5.74) is -3.96.